The maximum Gasteiger partial charge on any atom is 0.157 e. The molecule has 1 heterocycles. The Bertz CT molecular complexity index is 616. The first-order valence-corrected chi connectivity index (χ1v) is 5.66. The minimum atomic E-state index is 0.204. The summed E-state index contributed by atoms with van der Waals surface area (Å²) >= 11 is 0. The molecular formula is C14H12N2O. The zero-order chi connectivity index (χ0) is 11.7. The first kappa shape index (κ1) is 10.0. The van der Waals surface area contributed by atoms with Crippen molar-refractivity contribution in [3.05, 3.63) is 48.3 Å². The molecule has 1 aromatic heterocycles. The summed E-state index contributed by atoms with van der Waals surface area (Å²) in [6, 6.07) is 9.96. The molecule has 84 valence electrons. The number of carbonyl (C=O) groups is 1. The molecule has 0 saturated carbocycles. The molecule has 17 heavy (non-hydrogen) atoms. The summed E-state index contributed by atoms with van der Waals surface area (Å²) in [6.45, 7) is 0. The number of anilines is 1. The van der Waals surface area contributed by atoms with Gasteiger partial charge in [-0.1, -0.05) is 6.07 Å². The monoisotopic (exact) mass is 224 g/mol. The molecule has 0 unspecified atom stereocenters. The van der Waals surface area contributed by atoms with Gasteiger partial charge >= 0.3 is 0 Å². The summed E-state index contributed by atoms with van der Waals surface area (Å²) in [5.74, 6) is 0.204. The van der Waals surface area contributed by atoms with E-state index in [0.29, 0.717) is 6.42 Å². The maximum absolute atomic E-state index is 11.1. The fraction of sp³-hybridized carbons (Fsp3) is 0.143. The molecule has 0 radical (unpaired) electrons. The predicted molar refractivity (Wildman–Crippen MR) is 67.7 cm³/mol. The van der Waals surface area contributed by atoms with E-state index in [1.54, 1.807) is 12.3 Å². The van der Waals surface area contributed by atoms with Crippen LogP contribution in [0.3, 0.4) is 0 Å². The van der Waals surface area contributed by atoms with Crippen molar-refractivity contribution in [2.75, 3.05) is 5.32 Å². The molecule has 1 aromatic carbocycles. The summed E-state index contributed by atoms with van der Waals surface area (Å²) in [4.78, 5) is 15.4. The van der Waals surface area contributed by atoms with E-state index >= 15 is 0 Å². The van der Waals surface area contributed by atoms with E-state index < -0.39 is 0 Å². The highest BCUT2D eigenvalue weighted by molar-refractivity contribution is 5.93. The molecule has 3 heteroatoms. The summed E-state index contributed by atoms with van der Waals surface area (Å²) < 4.78 is 0. The highest BCUT2D eigenvalue weighted by atomic mass is 16.1. The van der Waals surface area contributed by atoms with Crippen molar-refractivity contribution < 1.29 is 4.79 Å². The van der Waals surface area contributed by atoms with Crippen LogP contribution in [0.2, 0.25) is 0 Å². The smallest absolute Gasteiger partial charge is 0.157 e. The van der Waals surface area contributed by atoms with Crippen molar-refractivity contribution in [1.82, 2.24) is 4.98 Å². The molecule has 0 spiro atoms. The number of nitrogens with zero attached hydrogens (tertiary/aromatic N) is 1. The van der Waals surface area contributed by atoms with Gasteiger partial charge in [0, 0.05) is 35.5 Å². The second kappa shape index (κ2) is 4.01. The highest BCUT2D eigenvalue weighted by Crippen LogP contribution is 2.21. The van der Waals surface area contributed by atoms with E-state index in [2.05, 4.69) is 10.3 Å². The average Bonchev–Trinajstić information content (AvgIpc) is 2.75. The predicted octanol–water partition coefficient (Wildman–Crippen LogP) is 2.89. The van der Waals surface area contributed by atoms with Gasteiger partial charge in [-0.3, -0.25) is 9.78 Å². The van der Waals surface area contributed by atoms with Gasteiger partial charge in [-0.05, 0) is 30.7 Å². The lowest BCUT2D eigenvalue weighted by atomic mass is 10.2. The molecule has 0 saturated heterocycles. The third kappa shape index (κ3) is 2.04. The van der Waals surface area contributed by atoms with Crippen molar-refractivity contribution in [2.24, 2.45) is 0 Å². The van der Waals surface area contributed by atoms with Crippen LogP contribution in [0.5, 0.6) is 0 Å². The Morgan fingerprint density at radius 1 is 1.18 bits per heavy atom. The molecule has 0 amide bonds. The molecule has 1 N–H and O–H groups in total. The number of hydrogen-bond acceptors (Lipinski definition) is 3. The molecule has 0 fully saturated rings. The third-order valence-corrected chi connectivity index (χ3v) is 2.88. The number of rotatable bonds is 2. The number of benzene rings is 1. The van der Waals surface area contributed by atoms with Gasteiger partial charge in [0.1, 0.15) is 0 Å². The standard InChI is InChI=1S/C14H12N2O/c17-13-5-3-12(9-13)16-11-4-6-14-10(8-11)2-1-7-15-14/h1-2,4,6-9,16H,3,5H2. The number of hydrogen-bond donors (Lipinski definition) is 1. The van der Waals surface area contributed by atoms with Crippen LogP contribution in [0.1, 0.15) is 12.8 Å². The number of pyridine rings is 1. The van der Waals surface area contributed by atoms with Gasteiger partial charge in [0.25, 0.3) is 0 Å². The summed E-state index contributed by atoms with van der Waals surface area (Å²) in [5.41, 5.74) is 2.99. The van der Waals surface area contributed by atoms with Gasteiger partial charge in [0.2, 0.25) is 0 Å². The Morgan fingerprint density at radius 2 is 2.12 bits per heavy atom. The number of aromatic nitrogens is 1. The normalized spacial score (nSPS) is 15.1. The van der Waals surface area contributed by atoms with Crippen LogP contribution in [0.4, 0.5) is 5.69 Å². The van der Waals surface area contributed by atoms with Crippen LogP contribution in [-0.4, -0.2) is 10.8 Å². The molecule has 1 aliphatic rings. The zero-order valence-electron chi connectivity index (χ0n) is 9.31. The summed E-state index contributed by atoms with van der Waals surface area (Å²) in [5, 5.41) is 4.38. The van der Waals surface area contributed by atoms with Gasteiger partial charge < -0.3 is 5.32 Å². The molecule has 3 nitrogen and oxygen atoms in total. The first-order valence-electron chi connectivity index (χ1n) is 5.66. The van der Waals surface area contributed by atoms with Gasteiger partial charge in [-0.25, -0.2) is 0 Å². The minimum absolute atomic E-state index is 0.204. The van der Waals surface area contributed by atoms with Crippen molar-refractivity contribution in [1.29, 1.82) is 0 Å². The Kier molecular flexibility index (Phi) is 2.37. The van der Waals surface area contributed by atoms with E-state index in [1.807, 2.05) is 30.3 Å². The first-order chi connectivity index (χ1) is 8.31. The van der Waals surface area contributed by atoms with Crippen molar-refractivity contribution in [3.8, 4) is 0 Å². The third-order valence-electron chi connectivity index (χ3n) is 2.88. The molecule has 3 rings (SSSR count). The quantitative estimate of drug-likeness (QED) is 0.852. The minimum Gasteiger partial charge on any atom is -0.359 e. The van der Waals surface area contributed by atoms with Crippen LogP contribution in [0, 0.1) is 0 Å². The zero-order valence-corrected chi connectivity index (χ0v) is 9.31. The molecular weight excluding hydrogens is 212 g/mol. The number of carbonyl (C=O) groups excluding carboxylic acids is 1. The SMILES string of the molecule is O=C1C=C(Nc2ccc3ncccc3c2)CC1. The Balaban J connectivity index is 1.91. The van der Waals surface area contributed by atoms with Gasteiger partial charge in [-0.2, -0.15) is 0 Å². The number of allylic oxidation sites excluding steroid dienone is 2. The van der Waals surface area contributed by atoms with Crippen LogP contribution in [-0.2, 0) is 4.79 Å². The molecule has 0 bridgehead atoms. The summed E-state index contributed by atoms with van der Waals surface area (Å²) in [7, 11) is 0. The lowest BCUT2D eigenvalue weighted by Crippen LogP contribution is -1.96. The second-order valence-corrected chi connectivity index (χ2v) is 4.17. The lowest BCUT2D eigenvalue weighted by Gasteiger charge is -2.07. The van der Waals surface area contributed by atoms with E-state index in [9.17, 15) is 4.79 Å². The van der Waals surface area contributed by atoms with E-state index in [4.69, 9.17) is 0 Å². The van der Waals surface area contributed by atoms with Crippen LogP contribution >= 0.6 is 0 Å². The van der Waals surface area contributed by atoms with Crippen LogP contribution < -0.4 is 5.32 Å². The fourth-order valence-electron chi connectivity index (χ4n) is 2.03. The van der Waals surface area contributed by atoms with Gasteiger partial charge in [0.15, 0.2) is 5.78 Å². The van der Waals surface area contributed by atoms with E-state index in [0.717, 1.165) is 28.7 Å². The largest absolute Gasteiger partial charge is 0.359 e. The van der Waals surface area contributed by atoms with Crippen LogP contribution in [0.25, 0.3) is 10.9 Å². The Hall–Kier alpha value is -2.16. The number of fused-ring (bicyclic) bond motifs is 1. The van der Waals surface area contributed by atoms with Gasteiger partial charge in [-0.15, -0.1) is 0 Å². The molecule has 0 aliphatic heterocycles. The maximum atomic E-state index is 11.1. The number of ketones is 1. The average molecular weight is 224 g/mol. The van der Waals surface area contributed by atoms with Crippen molar-refractivity contribution in [2.45, 2.75) is 12.8 Å². The Labute approximate surface area is 99.2 Å². The van der Waals surface area contributed by atoms with E-state index in [-0.39, 0.29) is 5.78 Å². The lowest BCUT2D eigenvalue weighted by molar-refractivity contribution is -0.114. The molecule has 1 aliphatic carbocycles. The summed E-state index contributed by atoms with van der Waals surface area (Å²) in [6.07, 6.45) is 4.91. The van der Waals surface area contributed by atoms with E-state index in [1.165, 1.54) is 0 Å². The number of nitrogens with one attached hydrogen (secondary N) is 1. The Morgan fingerprint density at radius 3 is 2.94 bits per heavy atom. The highest BCUT2D eigenvalue weighted by Gasteiger charge is 2.11. The second-order valence-electron chi connectivity index (χ2n) is 4.17. The topological polar surface area (TPSA) is 42.0 Å². The van der Waals surface area contributed by atoms with Gasteiger partial charge in [0.05, 0.1) is 5.52 Å². The van der Waals surface area contributed by atoms with Crippen molar-refractivity contribution >= 4 is 22.4 Å². The molecule has 2 aromatic rings. The van der Waals surface area contributed by atoms with Crippen molar-refractivity contribution in [3.63, 3.8) is 0 Å². The molecule has 0 atom stereocenters. The fourth-order valence-corrected chi connectivity index (χ4v) is 2.03. The van der Waals surface area contributed by atoms with Crippen LogP contribution in [0.15, 0.2) is 48.3 Å².